The number of hydrogen-bond donors (Lipinski definition) is 3. The predicted octanol–water partition coefficient (Wildman–Crippen LogP) is 2.90. The SMILES string of the molecule is COc1cc([C@H](CC(=O)NCCc2cn3ccccc3n2)c2oc(C)cc(=O)c2O)ccc1O. The number of fused-ring (bicyclic) bond motifs is 1. The van der Waals surface area contributed by atoms with Gasteiger partial charge in [-0.2, -0.15) is 0 Å². The topological polar surface area (TPSA) is 126 Å². The fraction of sp³-hybridized carbons (Fsp3) is 0.240. The molecule has 1 atom stereocenters. The highest BCUT2D eigenvalue weighted by Gasteiger charge is 2.26. The van der Waals surface area contributed by atoms with E-state index < -0.39 is 17.1 Å². The van der Waals surface area contributed by atoms with Crippen molar-refractivity contribution >= 4 is 11.6 Å². The summed E-state index contributed by atoms with van der Waals surface area (Å²) in [6, 6.07) is 11.5. The zero-order chi connectivity index (χ0) is 24.2. The lowest BCUT2D eigenvalue weighted by Gasteiger charge is -2.19. The summed E-state index contributed by atoms with van der Waals surface area (Å²) in [6.45, 7) is 1.95. The fourth-order valence-corrected chi connectivity index (χ4v) is 3.83. The maximum atomic E-state index is 12.8. The highest BCUT2D eigenvalue weighted by Crippen LogP contribution is 2.37. The van der Waals surface area contributed by atoms with Crippen LogP contribution in [0, 0.1) is 6.92 Å². The molecule has 0 aliphatic heterocycles. The number of nitrogens with zero attached hydrogens (tertiary/aromatic N) is 2. The van der Waals surface area contributed by atoms with E-state index in [2.05, 4.69) is 10.3 Å². The van der Waals surface area contributed by atoms with E-state index in [1.807, 2.05) is 35.0 Å². The molecule has 4 aromatic rings. The molecule has 3 heterocycles. The van der Waals surface area contributed by atoms with E-state index >= 15 is 0 Å². The fourth-order valence-electron chi connectivity index (χ4n) is 3.83. The van der Waals surface area contributed by atoms with Gasteiger partial charge in [-0.1, -0.05) is 12.1 Å². The number of aromatic hydroxyl groups is 2. The second kappa shape index (κ2) is 9.70. The molecule has 0 saturated heterocycles. The lowest BCUT2D eigenvalue weighted by atomic mass is 9.91. The summed E-state index contributed by atoms with van der Waals surface area (Å²) >= 11 is 0. The Balaban J connectivity index is 1.54. The van der Waals surface area contributed by atoms with Crippen molar-refractivity contribution in [1.82, 2.24) is 14.7 Å². The first kappa shape index (κ1) is 22.9. The molecule has 9 heteroatoms. The standard InChI is InChI=1S/C25H25N3O6/c1-15-11-20(30)24(32)25(34-15)18(16-6-7-19(29)21(12-16)33-2)13-23(31)26-9-8-17-14-28-10-4-3-5-22(28)27-17/h3-7,10-12,14,18,29,32H,8-9,13H2,1-2H3,(H,26,31)/t18-/m0/s1. The van der Waals surface area contributed by atoms with Crippen molar-refractivity contribution < 1.29 is 24.2 Å². The van der Waals surface area contributed by atoms with Crippen molar-refractivity contribution in [3.05, 3.63) is 87.9 Å². The van der Waals surface area contributed by atoms with Gasteiger partial charge in [-0.15, -0.1) is 0 Å². The lowest BCUT2D eigenvalue weighted by Crippen LogP contribution is -2.27. The first-order chi connectivity index (χ1) is 16.4. The molecule has 3 aromatic heterocycles. The van der Waals surface area contributed by atoms with E-state index in [0.717, 1.165) is 11.3 Å². The Hall–Kier alpha value is -4.27. The minimum Gasteiger partial charge on any atom is -0.504 e. The largest absolute Gasteiger partial charge is 0.504 e. The van der Waals surface area contributed by atoms with Crippen LogP contribution in [0.5, 0.6) is 17.2 Å². The second-order valence-corrected chi connectivity index (χ2v) is 7.92. The smallest absolute Gasteiger partial charge is 0.227 e. The number of rotatable bonds is 8. The molecule has 34 heavy (non-hydrogen) atoms. The Bertz CT molecular complexity index is 1360. The number of aryl methyl sites for hydroxylation is 1. The first-order valence-electron chi connectivity index (χ1n) is 10.8. The van der Waals surface area contributed by atoms with Gasteiger partial charge in [0.25, 0.3) is 0 Å². The molecule has 0 spiro atoms. The summed E-state index contributed by atoms with van der Waals surface area (Å²) in [5.41, 5.74) is 1.61. The maximum absolute atomic E-state index is 12.8. The quantitative estimate of drug-likeness (QED) is 0.367. The van der Waals surface area contributed by atoms with Crippen molar-refractivity contribution in [3.8, 4) is 17.2 Å². The van der Waals surface area contributed by atoms with E-state index in [4.69, 9.17) is 9.15 Å². The third-order valence-electron chi connectivity index (χ3n) is 5.50. The highest BCUT2D eigenvalue weighted by molar-refractivity contribution is 5.77. The van der Waals surface area contributed by atoms with Crippen molar-refractivity contribution in [2.24, 2.45) is 0 Å². The minimum absolute atomic E-state index is 0.0201. The summed E-state index contributed by atoms with van der Waals surface area (Å²) in [5, 5.41) is 23.2. The molecule has 4 rings (SSSR count). The van der Waals surface area contributed by atoms with Crippen LogP contribution in [0.3, 0.4) is 0 Å². The number of nitrogens with one attached hydrogen (secondary N) is 1. The Morgan fingerprint density at radius 1 is 1.24 bits per heavy atom. The van der Waals surface area contributed by atoms with Crippen molar-refractivity contribution in [2.45, 2.75) is 25.7 Å². The number of methoxy groups -OCH3 is 1. The van der Waals surface area contributed by atoms with Gasteiger partial charge in [0.05, 0.1) is 18.7 Å². The van der Waals surface area contributed by atoms with Crippen LogP contribution < -0.4 is 15.5 Å². The number of amides is 1. The first-order valence-corrected chi connectivity index (χ1v) is 10.8. The number of carbonyl (C=O) groups excluding carboxylic acids is 1. The number of ether oxygens (including phenoxy) is 1. The molecule has 0 aliphatic carbocycles. The van der Waals surface area contributed by atoms with Crippen LogP contribution in [-0.2, 0) is 11.2 Å². The van der Waals surface area contributed by atoms with Crippen LogP contribution in [0.25, 0.3) is 5.65 Å². The number of carbonyl (C=O) groups is 1. The van der Waals surface area contributed by atoms with Crippen LogP contribution in [-0.4, -0.2) is 39.2 Å². The van der Waals surface area contributed by atoms with E-state index in [-0.39, 0.29) is 29.6 Å². The molecule has 0 aliphatic rings. The Morgan fingerprint density at radius 3 is 2.82 bits per heavy atom. The Labute approximate surface area is 195 Å². The normalized spacial score (nSPS) is 11.9. The Morgan fingerprint density at radius 2 is 2.06 bits per heavy atom. The number of pyridine rings is 1. The number of imidazole rings is 1. The van der Waals surface area contributed by atoms with Gasteiger partial charge in [-0.3, -0.25) is 9.59 Å². The molecule has 176 valence electrons. The summed E-state index contributed by atoms with van der Waals surface area (Å²) in [7, 11) is 1.41. The average molecular weight is 463 g/mol. The van der Waals surface area contributed by atoms with Crippen LogP contribution in [0.2, 0.25) is 0 Å². The number of phenols is 1. The Kier molecular flexibility index (Phi) is 6.53. The van der Waals surface area contributed by atoms with Crippen LogP contribution in [0.4, 0.5) is 0 Å². The summed E-state index contributed by atoms with van der Waals surface area (Å²) in [4.78, 5) is 29.5. The van der Waals surface area contributed by atoms with Gasteiger partial charge < -0.3 is 29.1 Å². The van der Waals surface area contributed by atoms with Crippen LogP contribution in [0.15, 0.2) is 64.1 Å². The average Bonchev–Trinajstić information content (AvgIpc) is 3.23. The monoisotopic (exact) mass is 463 g/mol. The predicted molar refractivity (Wildman–Crippen MR) is 124 cm³/mol. The van der Waals surface area contributed by atoms with Gasteiger partial charge in [0, 0.05) is 37.8 Å². The third kappa shape index (κ3) is 4.88. The molecule has 0 radical (unpaired) electrons. The van der Waals surface area contributed by atoms with E-state index in [9.17, 15) is 19.8 Å². The van der Waals surface area contributed by atoms with E-state index in [1.165, 1.54) is 19.2 Å². The minimum atomic E-state index is -0.780. The highest BCUT2D eigenvalue weighted by atomic mass is 16.5. The molecule has 0 saturated carbocycles. The number of phenolic OH excluding ortho intramolecular Hbond substituents is 1. The number of hydrogen-bond acceptors (Lipinski definition) is 7. The van der Waals surface area contributed by atoms with Gasteiger partial charge in [0.2, 0.25) is 17.1 Å². The lowest BCUT2D eigenvalue weighted by molar-refractivity contribution is -0.121. The maximum Gasteiger partial charge on any atom is 0.227 e. The van der Waals surface area contributed by atoms with E-state index in [1.54, 1.807) is 19.1 Å². The molecule has 0 bridgehead atoms. The molecule has 1 aromatic carbocycles. The van der Waals surface area contributed by atoms with Gasteiger partial charge in [0.1, 0.15) is 11.4 Å². The summed E-state index contributed by atoms with van der Waals surface area (Å²) in [6.07, 6.45) is 4.25. The van der Waals surface area contributed by atoms with Crippen molar-refractivity contribution in [2.75, 3.05) is 13.7 Å². The van der Waals surface area contributed by atoms with Crippen molar-refractivity contribution in [3.63, 3.8) is 0 Å². The van der Waals surface area contributed by atoms with Gasteiger partial charge in [-0.05, 0) is 36.8 Å². The van der Waals surface area contributed by atoms with Crippen LogP contribution >= 0.6 is 0 Å². The van der Waals surface area contributed by atoms with Gasteiger partial charge in [-0.25, -0.2) is 4.98 Å². The molecule has 3 N–H and O–H groups in total. The van der Waals surface area contributed by atoms with Crippen LogP contribution in [0.1, 0.15) is 35.1 Å². The molecule has 0 unspecified atom stereocenters. The zero-order valence-corrected chi connectivity index (χ0v) is 18.8. The van der Waals surface area contributed by atoms with Crippen molar-refractivity contribution in [1.29, 1.82) is 0 Å². The third-order valence-corrected chi connectivity index (χ3v) is 5.50. The molecular weight excluding hydrogens is 438 g/mol. The van der Waals surface area contributed by atoms with Gasteiger partial charge >= 0.3 is 0 Å². The summed E-state index contributed by atoms with van der Waals surface area (Å²) in [5.74, 6) is -1.23. The van der Waals surface area contributed by atoms with E-state index in [0.29, 0.717) is 24.3 Å². The van der Waals surface area contributed by atoms with Gasteiger partial charge in [0.15, 0.2) is 17.3 Å². The molecule has 9 nitrogen and oxygen atoms in total. The molecule has 0 fully saturated rings. The number of benzene rings is 1. The second-order valence-electron chi connectivity index (χ2n) is 7.92. The molecular formula is C25H25N3O6. The summed E-state index contributed by atoms with van der Waals surface area (Å²) < 4.78 is 12.8. The number of aromatic nitrogens is 2. The zero-order valence-electron chi connectivity index (χ0n) is 18.8. The molecule has 1 amide bonds.